The zero-order chi connectivity index (χ0) is 12.2. The summed E-state index contributed by atoms with van der Waals surface area (Å²) < 4.78 is 30.9. The Balaban J connectivity index is 2.48. The van der Waals surface area contributed by atoms with E-state index in [1.54, 1.807) is 4.31 Å². The van der Waals surface area contributed by atoms with Crippen molar-refractivity contribution >= 4 is 10.0 Å². The summed E-state index contributed by atoms with van der Waals surface area (Å²) >= 11 is 0. The molecule has 1 heterocycles. The number of sulfonamides is 1. The van der Waals surface area contributed by atoms with Crippen LogP contribution in [-0.2, 0) is 14.8 Å². The van der Waals surface area contributed by atoms with Crippen LogP contribution in [0.4, 0.5) is 0 Å². The van der Waals surface area contributed by atoms with Crippen LogP contribution in [0.3, 0.4) is 0 Å². The molecular formula is C10H22N2O3S. The molecule has 0 aromatic carbocycles. The van der Waals surface area contributed by atoms with Crippen molar-refractivity contribution in [1.82, 2.24) is 9.62 Å². The van der Waals surface area contributed by atoms with Gasteiger partial charge in [-0.1, -0.05) is 0 Å². The lowest BCUT2D eigenvalue weighted by Gasteiger charge is -2.32. The highest BCUT2D eigenvalue weighted by Gasteiger charge is 2.28. The molecule has 1 atom stereocenters. The van der Waals surface area contributed by atoms with Gasteiger partial charge in [-0.05, 0) is 20.8 Å². The third-order valence-corrected chi connectivity index (χ3v) is 4.53. The minimum absolute atomic E-state index is 0.0396. The van der Waals surface area contributed by atoms with E-state index in [4.69, 9.17) is 4.74 Å². The van der Waals surface area contributed by atoms with Crippen molar-refractivity contribution in [3.63, 3.8) is 0 Å². The summed E-state index contributed by atoms with van der Waals surface area (Å²) in [6.07, 6.45) is 0.0793. The van der Waals surface area contributed by atoms with Crippen LogP contribution >= 0.6 is 0 Å². The topological polar surface area (TPSA) is 58.6 Å². The van der Waals surface area contributed by atoms with Gasteiger partial charge in [-0.3, -0.25) is 0 Å². The second kappa shape index (κ2) is 5.95. The molecular weight excluding hydrogens is 228 g/mol. The maximum absolute atomic E-state index is 12.0. The summed E-state index contributed by atoms with van der Waals surface area (Å²) in [5, 5.41) is 3.17. The van der Waals surface area contributed by atoms with E-state index in [2.05, 4.69) is 5.32 Å². The summed E-state index contributed by atoms with van der Waals surface area (Å²) in [7, 11) is -3.16. The smallest absolute Gasteiger partial charge is 0.216 e. The van der Waals surface area contributed by atoms with Crippen molar-refractivity contribution in [2.45, 2.75) is 32.9 Å². The van der Waals surface area contributed by atoms with Crippen LogP contribution in [0.1, 0.15) is 20.8 Å². The highest BCUT2D eigenvalue weighted by atomic mass is 32.2. The van der Waals surface area contributed by atoms with E-state index in [9.17, 15) is 8.42 Å². The van der Waals surface area contributed by atoms with Gasteiger partial charge in [0.25, 0.3) is 0 Å². The molecule has 1 N–H and O–H groups in total. The first-order valence-corrected chi connectivity index (χ1v) is 7.36. The Bertz CT molecular complexity index is 303. The molecule has 0 aromatic rings. The minimum Gasteiger partial charge on any atom is -0.378 e. The lowest BCUT2D eigenvalue weighted by atomic mass is 10.3. The van der Waals surface area contributed by atoms with Crippen molar-refractivity contribution < 1.29 is 13.2 Å². The lowest BCUT2D eigenvalue weighted by molar-refractivity contribution is 0.0904. The Morgan fingerprint density at radius 1 is 1.50 bits per heavy atom. The first-order chi connectivity index (χ1) is 7.43. The molecule has 0 aromatic heterocycles. The monoisotopic (exact) mass is 250 g/mol. The summed E-state index contributed by atoms with van der Waals surface area (Å²) in [4.78, 5) is 0. The summed E-state index contributed by atoms with van der Waals surface area (Å²) in [5.41, 5.74) is 0. The average Bonchev–Trinajstić information content (AvgIpc) is 2.17. The fourth-order valence-electron chi connectivity index (χ4n) is 1.74. The van der Waals surface area contributed by atoms with Gasteiger partial charge in [0.2, 0.25) is 10.0 Å². The van der Waals surface area contributed by atoms with Crippen LogP contribution < -0.4 is 5.32 Å². The lowest BCUT2D eigenvalue weighted by Crippen LogP contribution is -2.53. The Kier molecular flexibility index (Phi) is 5.17. The van der Waals surface area contributed by atoms with E-state index in [1.807, 2.05) is 20.8 Å². The number of nitrogens with one attached hydrogen (secondary N) is 1. The third-order valence-electron chi connectivity index (χ3n) is 2.59. The van der Waals surface area contributed by atoms with Gasteiger partial charge in [0, 0.05) is 25.7 Å². The van der Waals surface area contributed by atoms with Crippen LogP contribution in [0.25, 0.3) is 0 Å². The van der Waals surface area contributed by atoms with E-state index >= 15 is 0 Å². The zero-order valence-electron chi connectivity index (χ0n) is 10.3. The molecule has 1 aliphatic rings. The molecule has 0 amide bonds. The maximum atomic E-state index is 12.0. The Morgan fingerprint density at radius 3 is 2.75 bits per heavy atom. The van der Waals surface area contributed by atoms with E-state index in [0.717, 1.165) is 13.1 Å². The molecule has 0 aliphatic carbocycles. The largest absolute Gasteiger partial charge is 0.378 e. The fraction of sp³-hybridized carbons (Fsp3) is 1.00. The molecule has 1 fully saturated rings. The van der Waals surface area contributed by atoms with Gasteiger partial charge >= 0.3 is 0 Å². The van der Waals surface area contributed by atoms with Gasteiger partial charge < -0.3 is 10.1 Å². The van der Waals surface area contributed by atoms with Crippen LogP contribution in [0.5, 0.6) is 0 Å². The molecule has 0 spiro atoms. The molecule has 0 radical (unpaired) electrons. The van der Waals surface area contributed by atoms with Gasteiger partial charge in [-0.15, -0.1) is 0 Å². The quantitative estimate of drug-likeness (QED) is 0.748. The summed E-state index contributed by atoms with van der Waals surface area (Å²) in [6.45, 7) is 8.02. The predicted octanol–water partition coefficient (Wildman–Crippen LogP) is 0.0349. The normalized spacial score (nSPS) is 23.9. The van der Waals surface area contributed by atoms with E-state index in [-0.39, 0.29) is 24.5 Å². The standard InChI is InChI=1S/C10H22N2O3S/c1-9(2)15-6-7-16(13,14)12-5-4-11-8-10(12)3/h9-11H,4-8H2,1-3H3/t10-/m0/s1. The molecule has 0 saturated carbocycles. The minimum atomic E-state index is -3.16. The maximum Gasteiger partial charge on any atom is 0.216 e. The van der Waals surface area contributed by atoms with Gasteiger partial charge in [0.05, 0.1) is 18.5 Å². The summed E-state index contributed by atoms with van der Waals surface area (Å²) in [5.74, 6) is 0.0789. The number of nitrogens with zero attached hydrogens (tertiary/aromatic N) is 1. The summed E-state index contributed by atoms with van der Waals surface area (Å²) in [6, 6.07) is 0.0396. The number of piperazine rings is 1. The van der Waals surface area contributed by atoms with Crippen molar-refractivity contribution in [1.29, 1.82) is 0 Å². The Hall–Kier alpha value is -0.170. The highest BCUT2D eigenvalue weighted by molar-refractivity contribution is 7.89. The first kappa shape index (κ1) is 13.9. The Labute approximate surface area is 98.2 Å². The Morgan fingerprint density at radius 2 is 2.19 bits per heavy atom. The number of ether oxygens (including phenoxy) is 1. The highest BCUT2D eigenvalue weighted by Crippen LogP contribution is 2.10. The van der Waals surface area contributed by atoms with Crippen molar-refractivity contribution in [2.75, 3.05) is 32.0 Å². The second-order valence-corrected chi connectivity index (χ2v) is 6.44. The van der Waals surface area contributed by atoms with Gasteiger partial charge in [0.15, 0.2) is 0 Å². The first-order valence-electron chi connectivity index (χ1n) is 5.75. The average molecular weight is 250 g/mol. The molecule has 1 rings (SSSR count). The third kappa shape index (κ3) is 4.01. The van der Waals surface area contributed by atoms with E-state index < -0.39 is 10.0 Å². The SMILES string of the molecule is CC(C)OCCS(=O)(=O)N1CCNC[C@@H]1C. The number of hydrogen-bond donors (Lipinski definition) is 1. The predicted molar refractivity (Wildman–Crippen MR) is 63.9 cm³/mol. The fourth-order valence-corrected chi connectivity index (χ4v) is 3.28. The molecule has 96 valence electrons. The van der Waals surface area contributed by atoms with Crippen LogP contribution in [0.2, 0.25) is 0 Å². The van der Waals surface area contributed by atoms with E-state index in [0.29, 0.717) is 6.54 Å². The van der Waals surface area contributed by atoms with Crippen molar-refractivity contribution in [2.24, 2.45) is 0 Å². The van der Waals surface area contributed by atoms with Gasteiger partial charge in [-0.2, -0.15) is 4.31 Å². The van der Waals surface area contributed by atoms with Crippen molar-refractivity contribution in [3.8, 4) is 0 Å². The molecule has 16 heavy (non-hydrogen) atoms. The van der Waals surface area contributed by atoms with Crippen LogP contribution in [0, 0.1) is 0 Å². The molecule has 1 aliphatic heterocycles. The van der Waals surface area contributed by atoms with Crippen LogP contribution in [0.15, 0.2) is 0 Å². The number of rotatable bonds is 5. The molecule has 1 saturated heterocycles. The molecule has 0 unspecified atom stereocenters. The van der Waals surface area contributed by atoms with Crippen molar-refractivity contribution in [3.05, 3.63) is 0 Å². The number of hydrogen-bond acceptors (Lipinski definition) is 4. The van der Waals surface area contributed by atoms with Gasteiger partial charge in [0.1, 0.15) is 0 Å². The zero-order valence-corrected chi connectivity index (χ0v) is 11.1. The molecule has 6 heteroatoms. The second-order valence-electron chi connectivity index (χ2n) is 4.40. The molecule has 0 bridgehead atoms. The van der Waals surface area contributed by atoms with E-state index in [1.165, 1.54) is 0 Å². The van der Waals surface area contributed by atoms with Gasteiger partial charge in [-0.25, -0.2) is 8.42 Å². The molecule has 5 nitrogen and oxygen atoms in total. The van der Waals surface area contributed by atoms with Crippen LogP contribution in [-0.4, -0.2) is 56.9 Å².